The smallest absolute Gasteiger partial charge is 0.00616 e. The van der Waals surface area contributed by atoms with Gasteiger partial charge in [0, 0.05) is 4.43 Å². The van der Waals surface area contributed by atoms with E-state index < -0.39 is 0 Å². The summed E-state index contributed by atoms with van der Waals surface area (Å²) in [5.74, 6) is 0.653. The lowest BCUT2D eigenvalue weighted by Crippen LogP contribution is -1.95. The molecule has 0 aromatic heterocycles. The van der Waals surface area contributed by atoms with E-state index in [1.54, 1.807) is 0 Å². The van der Waals surface area contributed by atoms with E-state index in [1.165, 1.54) is 21.1 Å². The lowest BCUT2D eigenvalue weighted by atomic mass is 9.98. The molecule has 14 heavy (non-hydrogen) atoms. The Bertz CT molecular complexity index is 326. The van der Waals surface area contributed by atoms with Crippen LogP contribution in [0.1, 0.15) is 36.5 Å². The van der Waals surface area contributed by atoms with Crippen molar-refractivity contribution in [3.8, 4) is 0 Å². The molecule has 0 fully saturated rings. The van der Waals surface area contributed by atoms with E-state index in [9.17, 15) is 0 Å². The van der Waals surface area contributed by atoms with Crippen LogP contribution in [0.4, 0.5) is 0 Å². The van der Waals surface area contributed by atoms with E-state index >= 15 is 0 Å². The fourth-order valence-electron chi connectivity index (χ4n) is 1.41. The zero-order chi connectivity index (χ0) is 10.6. The molecule has 1 atom stereocenters. The molecule has 0 aliphatic heterocycles. The average molecular weight is 300 g/mol. The average Bonchev–Trinajstić information content (AvgIpc) is 2.20. The van der Waals surface area contributed by atoms with Crippen LogP contribution in [0.5, 0.6) is 0 Å². The topological polar surface area (TPSA) is 0 Å². The van der Waals surface area contributed by atoms with Crippen LogP contribution in [-0.2, 0) is 0 Å². The second kappa shape index (κ2) is 5.54. The van der Waals surface area contributed by atoms with Crippen molar-refractivity contribution in [3.63, 3.8) is 0 Å². The van der Waals surface area contributed by atoms with Crippen molar-refractivity contribution < 1.29 is 0 Å². The molecule has 76 valence electrons. The van der Waals surface area contributed by atoms with Gasteiger partial charge in [0.15, 0.2) is 0 Å². The van der Waals surface area contributed by atoms with Gasteiger partial charge in [0.2, 0.25) is 0 Å². The maximum atomic E-state index is 2.44. The normalized spacial score (nSPS) is 13.4. The molecule has 0 spiro atoms. The van der Waals surface area contributed by atoms with Gasteiger partial charge in [-0.2, -0.15) is 0 Å². The van der Waals surface area contributed by atoms with Crippen molar-refractivity contribution in [2.24, 2.45) is 0 Å². The first-order valence-corrected chi connectivity index (χ1v) is 6.50. The van der Waals surface area contributed by atoms with E-state index in [-0.39, 0.29) is 0 Å². The van der Waals surface area contributed by atoms with Crippen molar-refractivity contribution in [2.45, 2.75) is 26.7 Å². The van der Waals surface area contributed by atoms with Crippen LogP contribution in [0.15, 0.2) is 24.3 Å². The van der Waals surface area contributed by atoms with Crippen LogP contribution >= 0.6 is 22.6 Å². The summed E-state index contributed by atoms with van der Waals surface area (Å²) in [7, 11) is 0. The molecule has 0 radical (unpaired) electrons. The SMILES string of the molecule is CC=Cc1cc(C(C)CI)ccc1C. The van der Waals surface area contributed by atoms with Gasteiger partial charge < -0.3 is 0 Å². The minimum atomic E-state index is 0.653. The molecule has 1 unspecified atom stereocenters. The Morgan fingerprint density at radius 3 is 2.71 bits per heavy atom. The Hall–Kier alpha value is -0.310. The minimum absolute atomic E-state index is 0.653. The summed E-state index contributed by atoms with van der Waals surface area (Å²) in [5.41, 5.74) is 4.15. The van der Waals surface area contributed by atoms with E-state index in [0.29, 0.717) is 5.92 Å². The Kier molecular flexibility index (Phi) is 4.66. The third kappa shape index (κ3) is 2.84. The van der Waals surface area contributed by atoms with Gasteiger partial charge >= 0.3 is 0 Å². The Balaban J connectivity index is 3.06. The van der Waals surface area contributed by atoms with Gasteiger partial charge in [-0.25, -0.2) is 0 Å². The summed E-state index contributed by atoms with van der Waals surface area (Å²) >= 11 is 2.44. The molecule has 1 aromatic rings. The molecule has 0 saturated carbocycles. The highest BCUT2D eigenvalue weighted by atomic mass is 127. The quantitative estimate of drug-likeness (QED) is 0.567. The number of rotatable bonds is 3. The van der Waals surface area contributed by atoms with Gasteiger partial charge in [0.05, 0.1) is 0 Å². The fourth-order valence-corrected chi connectivity index (χ4v) is 1.92. The lowest BCUT2D eigenvalue weighted by Gasteiger charge is -2.10. The molecule has 0 aliphatic rings. The van der Waals surface area contributed by atoms with Crippen LogP contribution in [0.3, 0.4) is 0 Å². The molecule has 1 rings (SSSR count). The van der Waals surface area contributed by atoms with Crippen molar-refractivity contribution in [3.05, 3.63) is 41.0 Å². The second-order valence-electron chi connectivity index (χ2n) is 3.67. The molecule has 0 N–H and O–H groups in total. The van der Waals surface area contributed by atoms with Crippen LogP contribution in [0, 0.1) is 6.92 Å². The summed E-state index contributed by atoms with van der Waals surface area (Å²) in [4.78, 5) is 0. The Morgan fingerprint density at radius 2 is 2.14 bits per heavy atom. The summed E-state index contributed by atoms with van der Waals surface area (Å²) < 4.78 is 1.18. The summed E-state index contributed by atoms with van der Waals surface area (Å²) in [6.45, 7) is 6.50. The van der Waals surface area contributed by atoms with Crippen molar-refractivity contribution in [2.75, 3.05) is 4.43 Å². The van der Waals surface area contributed by atoms with Crippen LogP contribution in [-0.4, -0.2) is 4.43 Å². The van der Waals surface area contributed by atoms with Crippen LogP contribution in [0.2, 0.25) is 0 Å². The standard InChI is InChI=1S/C13H17I/c1-4-5-12-8-13(11(3)9-14)7-6-10(12)2/h4-8,11H,9H2,1-3H3. The second-order valence-corrected chi connectivity index (χ2v) is 4.55. The number of hydrogen-bond donors (Lipinski definition) is 0. The predicted molar refractivity (Wildman–Crippen MR) is 73.2 cm³/mol. The van der Waals surface area contributed by atoms with Crippen LogP contribution in [0.25, 0.3) is 6.08 Å². The van der Waals surface area contributed by atoms with Crippen molar-refractivity contribution in [1.29, 1.82) is 0 Å². The van der Waals surface area contributed by atoms with E-state index in [0.717, 1.165) is 0 Å². The largest absolute Gasteiger partial charge is 0.0871 e. The number of hydrogen-bond acceptors (Lipinski definition) is 0. The molecule has 0 bridgehead atoms. The first kappa shape index (κ1) is 11.8. The number of halogens is 1. The Labute approximate surface area is 101 Å². The molecule has 0 saturated heterocycles. The zero-order valence-corrected chi connectivity index (χ0v) is 11.2. The van der Waals surface area contributed by atoms with E-state index in [2.05, 4.69) is 73.7 Å². The molecule has 1 heteroatoms. The van der Waals surface area contributed by atoms with Crippen LogP contribution < -0.4 is 0 Å². The predicted octanol–water partition coefficient (Wildman–Crippen LogP) is 4.57. The lowest BCUT2D eigenvalue weighted by molar-refractivity contribution is 0.894. The number of aryl methyl sites for hydroxylation is 1. The Morgan fingerprint density at radius 1 is 1.43 bits per heavy atom. The maximum Gasteiger partial charge on any atom is 0.00616 e. The molecule has 0 amide bonds. The zero-order valence-electron chi connectivity index (χ0n) is 9.05. The highest BCUT2D eigenvalue weighted by molar-refractivity contribution is 14.1. The van der Waals surface area contributed by atoms with E-state index in [1.807, 2.05) is 0 Å². The molecule has 0 aliphatic carbocycles. The summed E-state index contributed by atoms with van der Waals surface area (Å²) in [5, 5.41) is 0. The van der Waals surface area contributed by atoms with Gasteiger partial charge in [-0.3, -0.25) is 0 Å². The molecule has 0 nitrogen and oxygen atoms in total. The van der Waals surface area contributed by atoms with Gasteiger partial charge in [0.25, 0.3) is 0 Å². The molecule has 1 aromatic carbocycles. The van der Waals surface area contributed by atoms with Gasteiger partial charge in [-0.15, -0.1) is 0 Å². The molecule has 0 heterocycles. The number of allylic oxidation sites excluding steroid dienone is 1. The molecular weight excluding hydrogens is 283 g/mol. The third-order valence-corrected chi connectivity index (χ3v) is 3.77. The van der Waals surface area contributed by atoms with E-state index in [4.69, 9.17) is 0 Å². The van der Waals surface area contributed by atoms with Gasteiger partial charge in [-0.05, 0) is 36.5 Å². The van der Waals surface area contributed by atoms with Crippen molar-refractivity contribution in [1.82, 2.24) is 0 Å². The number of alkyl halides is 1. The summed E-state index contributed by atoms with van der Waals surface area (Å²) in [6.07, 6.45) is 4.28. The maximum absolute atomic E-state index is 2.44. The first-order chi connectivity index (χ1) is 6.69. The number of benzene rings is 1. The van der Waals surface area contributed by atoms with Crippen molar-refractivity contribution >= 4 is 28.7 Å². The highest BCUT2D eigenvalue weighted by Gasteiger charge is 2.04. The third-order valence-electron chi connectivity index (χ3n) is 2.45. The van der Waals surface area contributed by atoms with Gasteiger partial charge in [-0.1, -0.05) is 59.9 Å². The monoisotopic (exact) mass is 300 g/mol. The fraction of sp³-hybridized carbons (Fsp3) is 0.385. The minimum Gasteiger partial charge on any atom is -0.0871 e. The summed E-state index contributed by atoms with van der Waals surface area (Å²) in [6, 6.07) is 6.76. The van der Waals surface area contributed by atoms with Gasteiger partial charge in [0.1, 0.15) is 0 Å². The molecular formula is C13H17I. The highest BCUT2D eigenvalue weighted by Crippen LogP contribution is 2.21. The first-order valence-electron chi connectivity index (χ1n) is 4.98.